The molecule has 2 amide bonds. The Morgan fingerprint density at radius 3 is 2.39 bits per heavy atom. The van der Waals surface area contributed by atoms with Crippen molar-refractivity contribution in [3.05, 3.63) is 0 Å². The topological polar surface area (TPSA) is 58.6 Å². The Bertz CT molecular complexity index is 297. The fraction of sp³-hybridized carbons (Fsp3) is 0.846. The van der Waals surface area contributed by atoms with E-state index in [4.69, 9.17) is 4.74 Å². The van der Waals surface area contributed by atoms with Crippen molar-refractivity contribution in [1.82, 2.24) is 10.2 Å². The van der Waals surface area contributed by atoms with Crippen LogP contribution in [0.4, 0.5) is 0 Å². The third-order valence-corrected chi connectivity index (χ3v) is 3.34. The molecule has 18 heavy (non-hydrogen) atoms. The lowest BCUT2D eigenvalue weighted by Gasteiger charge is -2.33. The number of amides is 2. The van der Waals surface area contributed by atoms with Gasteiger partial charge in [0.25, 0.3) is 0 Å². The van der Waals surface area contributed by atoms with Crippen LogP contribution in [0.1, 0.15) is 33.1 Å². The van der Waals surface area contributed by atoms with E-state index in [1.807, 2.05) is 0 Å². The molecular weight excluding hydrogens is 232 g/mol. The molecule has 1 fully saturated rings. The standard InChI is InChI=1S/C13H24N2O3/c1-13(2,11(16)14-7-10-18-3)12(17)15-8-5-4-6-9-15/h4-10H2,1-3H3,(H,14,16). The Balaban J connectivity index is 2.54. The van der Waals surface area contributed by atoms with Crippen LogP contribution in [0.2, 0.25) is 0 Å². The first-order valence-electron chi connectivity index (χ1n) is 6.56. The molecule has 0 unspecified atom stereocenters. The summed E-state index contributed by atoms with van der Waals surface area (Å²) >= 11 is 0. The van der Waals surface area contributed by atoms with E-state index >= 15 is 0 Å². The lowest BCUT2D eigenvalue weighted by Crippen LogP contribution is -2.51. The Labute approximate surface area is 109 Å². The number of nitrogens with one attached hydrogen (secondary N) is 1. The summed E-state index contributed by atoms with van der Waals surface area (Å²) in [4.78, 5) is 26.1. The quantitative estimate of drug-likeness (QED) is 0.584. The minimum Gasteiger partial charge on any atom is -0.383 e. The second-order valence-electron chi connectivity index (χ2n) is 5.23. The largest absolute Gasteiger partial charge is 0.383 e. The van der Waals surface area contributed by atoms with Gasteiger partial charge in [0.15, 0.2) is 0 Å². The Morgan fingerprint density at radius 1 is 1.22 bits per heavy atom. The van der Waals surface area contributed by atoms with Gasteiger partial charge in [0.05, 0.1) is 6.61 Å². The molecule has 1 aliphatic heterocycles. The van der Waals surface area contributed by atoms with Gasteiger partial charge in [-0.1, -0.05) is 0 Å². The first-order chi connectivity index (χ1) is 8.50. The van der Waals surface area contributed by atoms with Crippen LogP contribution < -0.4 is 5.32 Å². The molecule has 0 atom stereocenters. The highest BCUT2D eigenvalue weighted by atomic mass is 16.5. The van der Waals surface area contributed by atoms with Crippen molar-refractivity contribution in [2.75, 3.05) is 33.4 Å². The number of likely N-dealkylation sites (tertiary alicyclic amines) is 1. The van der Waals surface area contributed by atoms with E-state index < -0.39 is 5.41 Å². The number of methoxy groups -OCH3 is 1. The van der Waals surface area contributed by atoms with Gasteiger partial charge in [-0.3, -0.25) is 9.59 Å². The van der Waals surface area contributed by atoms with Crippen LogP contribution in [0.15, 0.2) is 0 Å². The van der Waals surface area contributed by atoms with Crippen LogP contribution in [-0.4, -0.2) is 50.1 Å². The van der Waals surface area contributed by atoms with E-state index in [2.05, 4.69) is 5.32 Å². The molecule has 0 aromatic heterocycles. The fourth-order valence-electron chi connectivity index (χ4n) is 2.08. The van der Waals surface area contributed by atoms with Gasteiger partial charge >= 0.3 is 0 Å². The number of ether oxygens (including phenoxy) is 1. The van der Waals surface area contributed by atoms with Crippen LogP contribution in [0.5, 0.6) is 0 Å². The van der Waals surface area contributed by atoms with Crippen LogP contribution >= 0.6 is 0 Å². The summed E-state index contributed by atoms with van der Waals surface area (Å²) in [6, 6.07) is 0. The molecule has 5 nitrogen and oxygen atoms in total. The zero-order valence-electron chi connectivity index (χ0n) is 11.6. The second-order valence-corrected chi connectivity index (χ2v) is 5.23. The lowest BCUT2D eigenvalue weighted by molar-refractivity contribution is -0.149. The van der Waals surface area contributed by atoms with Crippen molar-refractivity contribution in [2.45, 2.75) is 33.1 Å². The molecule has 1 N–H and O–H groups in total. The number of carbonyl (C=O) groups excluding carboxylic acids is 2. The average molecular weight is 256 g/mol. The number of hydrogen-bond acceptors (Lipinski definition) is 3. The Kier molecular flexibility index (Phi) is 5.59. The van der Waals surface area contributed by atoms with Crippen molar-refractivity contribution in [1.29, 1.82) is 0 Å². The fourth-order valence-corrected chi connectivity index (χ4v) is 2.08. The van der Waals surface area contributed by atoms with Gasteiger partial charge in [0.2, 0.25) is 11.8 Å². The highest BCUT2D eigenvalue weighted by Gasteiger charge is 2.39. The second kappa shape index (κ2) is 6.73. The van der Waals surface area contributed by atoms with E-state index in [0.29, 0.717) is 13.2 Å². The predicted octanol–water partition coefficient (Wildman–Crippen LogP) is 0.788. The van der Waals surface area contributed by atoms with Gasteiger partial charge in [-0.2, -0.15) is 0 Å². The maximum Gasteiger partial charge on any atom is 0.237 e. The van der Waals surface area contributed by atoms with Crippen molar-refractivity contribution >= 4 is 11.8 Å². The maximum absolute atomic E-state index is 12.3. The SMILES string of the molecule is COCCNC(=O)C(C)(C)C(=O)N1CCCCC1. The lowest BCUT2D eigenvalue weighted by atomic mass is 9.89. The summed E-state index contributed by atoms with van der Waals surface area (Å²) < 4.78 is 4.87. The van der Waals surface area contributed by atoms with E-state index in [9.17, 15) is 9.59 Å². The summed E-state index contributed by atoms with van der Waals surface area (Å²) in [5, 5.41) is 2.73. The molecule has 1 aliphatic rings. The summed E-state index contributed by atoms with van der Waals surface area (Å²) in [5.41, 5.74) is -0.995. The van der Waals surface area contributed by atoms with Crippen molar-refractivity contribution in [3.63, 3.8) is 0 Å². The van der Waals surface area contributed by atoms with Crippen LogP contribution in [0, 0.1) is 5.41 Å². The zero-order valence-corrected chi connectivity index (χ0v) is 11.6. The van der Waals surface area contributed by atoms with Gasteiger partial charge in [-0.05, 0) is 33.1 Å². The van der Waals surface area contributed by atoms with Gasteiger partial charge in [-0.25, -0.2) is 0 Å². The molecule has 0 spiro atoms. The van der Waals surface area contributed by atoms with Crippen molar-refractivity contribution in [2.24, 2.45) is 5.41 Å². The first kappa shape index (κ1) is 15.0. The minimum absolute atomic E-state index is 0.0721. The van der Waals surface area contributed by atoms with Gasteiger partial charge in [-0.15, -0.1) is 0 Å². The van der Waals surface area contributed by atoms with E-state index in [1.54, 1.807) is 25.9 Å². The van der Waals surface area contributed by atoms with E-state index in [1.165, 1.54) is 6.42 Å². The first-order valence-corrected chi connectivity index (χ1v) is 6.56. The highest BCUT2D eigenvalue weighted by molar-refractivity contribution is 6.04. The highest BCUT2D eigenvalue weighted by Crippen LogP contribution is 2.22. The molecule has 1 saturated heterocycles. The Hall–Kier alpha value is -1.10. The van der Waals surface area contributed by atoms with E-state index in [-0.39, 0.29) is 11.8 Å². The van der Waals surface area contributed by atoms with Gasteiger partial charge in [0, 0.05) is 26.7 Å². The Morgan fingerprint density at radius 2 is 1.83 bits per heavy atom. The van der Waals surface area contributed by atoms with E-state index in [0.717, 1.165) is 25.9 Å². The molecular formula is C13H24N2O3. The number of nitrogens with zero attached hydrogens (tertiary/aromatic N) is 1. The molecule has 0 aliphatic carbocycles. The normalized spacial score (nSPS) is 16.5. The molecule has 1 heterocycles. The molecule has 5 heteroatoms. The molecule has 0 saturated carbocycles. The third kappa shape index (κ3) is 3.70. The minimum atomic E-state index is -0.995. The maximum atomic E-state index is 12.3. The van der Waals surface area contributed by atoms with Gasteiger partial charge < -0.3 is 15.0 Å². The third-order valence-electron chi connectivity index (χ3n) is 3.34. The smallest absolute Gasteiger partial charge is 0.237 e. The monoisotopic (exact) mass is 256 g/mol. The van der Waals surface area contributed by atoms with Crippen LogP contribution in [0.3, 0.4) is 0 Å². The van der Waals surface area contributed by atoms with Crippen LogP contribution in [0.25, 0.3) is 0 Å². The summed E-state index contributed by atoms with van der Waals surface area (Å²) in [6.07, 6.45) is 3.24. The number of rotatable bonds is 5. The molecule has 0 aromatic rings. The average Bonchev–Trinajstić information content (AvgIpc) is 2.39. The predicted molar refractivity (Wildman–Crippen MR) is 69.1 cm³/mol. The number of hydrogen-bond donors (Lipinski definition) is 1. The van der Waals surface area contributed by atoms with Gasteiger partial charge in [0.1, 0.15) is 5.41 Å². The molecule has 0 bridgehead atoms. The van der Waals surface area contributed by atoms with Crippen molar-refractivity contribution < 1.29 is 14.3 Å². The number of piperidine rings is 1. The zero-order chi connectivity index (χ0) is 13.6. The van der Waals surface area contributed by atoms with Crippen molar-refractivity contribution in [3.8, 4) is 0 Å². The summed E-state index contributed by atoms with van der Waals surface area (Å²) in [6.45, 7) is 5.81. The number of carbonyl (C=O) groups is 2. The van der Waals surface area contributed by atoms with Crippen LogP contribution in [-0.2, 0) is 14.3 Å². The summed E-state index contributed by atoms with van der Waals surface area (Å²) in [7, 11) is 1.58. The summed E-state index contributed by atoms with van der Waals surface area (Å²) in [5.74, 6) is -0.299. The molecule has 0 aromatic carbocycles. The molecule has 1 rings (SSSR count). The molecule has 0 radical (unpaired) electrons. The molecule has 104 valence electrons.